The summed E-state index contributed by atoms with van der Waals surface area (Å²) in [4.78, 5) is -0.0626. The maximum atomic E-state index is 12.7. The lowest BCUT2D eigenvalue weighted by molar-refractivity contribution is 0.606. The molecule has 0 unspecified atom stereocenters. The van der Waals surface area contributed by atoms with Crippen molar-refractivity contribution in [3.63, 3.8) is 0 Å². The van der Waals surface area contributed by atoms with Gasteiger partial charge in [-0.2, -0.15) is 0 Å². The lowest BCUT2D eigenvalue weighted by Gasteiger charge is -2.02. The number of rotatable bonds is 2. The zero-order valence-electron chi connectivity index (χ0n) is 6.30. The quantitative estimate of drug-likeness (QED) is 0.619. The molecule has 0 bridgehead atoms. The van der Waals surface area contributed by atoms with Gasteiger partial charge < -0.3 is 0 Å². The smallest absolute Gasteiger partial charge is 0.207 e. The van der Waals surface area contributed by atoms with E-state index in [0.717, 1.165) is 18.2 Å². The second kappa shape index (κ2) is 3.94. The highest BCUT2D eigenvalue weighted by Crippen LogP contribution is 2.22. The Balaban J connectivity index is 3.39. The Morgan fingerprint density at radius 1 is 1.46 bits per heavy atom. The Morgan fingerprint density at radius 2 is 2.08 bits per heavy atom. The van der Waals surface area contributed by atoms with Crippen LogP contribution in [0, 0.1) is 5.82 Å². The highest BCUT2D eigenvalue weighted by atomic mass is 79.9. The first-order valence-electron chi connectivity index (χ1n) is 3.24. The first-order valence-corrected chi connectivity index (χ1v) is 6.67. The monoisotopic (exact) mass is 286 g/mol. The van der Waals surface area contributed by atoms with Crippen molar-refractivity contribution >= 4 is 35.7 Å². The molecule has 1 rings (SSSR count). The van der Waals surface area contributed by atoms with Crippen molar-refractivity contribution in [3.8, 4) is 0 Å². The van der Waals surface area contributed by atoms with Crippen molar-refractivity contribution in [1.82, 2.24) is 0 Å². The third kappa shape index (κ3) is 2.65. The molecule has 1 aromatic carbocycles. The van der Waals surface area contributed by atoms with Gasteiger partial charge in [-0.15, -0.1) is 0 Å². The Bertz CT molecular complexity index is 419. The highest BCUT2D eigenvalue weighted by molar-refractivity contribution is 9.08. The molecule has 6 heteroatoms. The molecule has 0 N–H and O–H groups in total. The summed E-state index contributed by atoms with van der Waals surface area (Å²) in [5.41, 5.74) is 0.315. The summed E-state index contributed by atoms with van der Waals surface area (Å²) in [6.07, 6.45) is 0. The van der Waals surface area contributed by atoms with Crippen LogP contribution in [0.4, 0.5) is 4.39 Å². The summed E-state index contributed by atoms with van der Waals surface area (Å²) in [7, 11) is 1.34. The van der Waals surface area contributed by atoms with E-state index in [2.05, 4.69) is 15.9 Å². The summed E-state index contributed by atoms with van der Waals surface area (Å²) in [6.45, 7) is 0. The molecule has 72 valence electrons. The second-order valence-electron chi connectivity index (χ2n) is 2.32. The fourth-order valence-electron chi connectivity index (χ4n) is 0.890. The maximum Gasteiger partial charge on any atom is 0.261 e. The molecule has 0 spiro atoms. The molecule has 0 fully saturated rings. The van der Waals surface area contributed by atoms with E-state index in [0.29, 0.717) is 5.56 Å². The predicted octanol–water partition coefficient (Wildman–Crippen LogP) is 2.65. The molecule has 1 aromatic rings. The minimum Gasteiger partial charge on any atom is -0.207 e. The first-order chi connectivity index (χ1) is 5.95. The molecule has 0 aromatic heterocycles. The zero-order chi connectivity index (χ0) is 10.1. The van der Waals surface area contributed by atoms with Crippen molar-refractivity contribution in [1.29, 1.82) is 0 Å². The molecule has 0 amide bonds. The van der Waals surface area contributed by atoms with Gasteiger partial charge in [0.2, 0.25) is 0 Å². The van der Waals surface area contributed by atoms with Crippen molar-refractivity contribution in [2.45, 2.75) is 10.2 Å². The molecule has 0 aliphatic carbocycles. The van der Waals surface area contributed by atoms with E-state index >= 15 is 0 Å². The Labute approximate surface area is 88.3 Å². The number of halogens is 3. The summed E-state index contributed by atoms with van der Waals surface area (Å²) in [6, 6.07) is 3.33. The summed E-state index contributed by atoms with van der Waals surface area (Å²) in [5, 5.41) is 0.242. The summed E-state index contributed by atoms with van der Waals surface area (Å²) >= 11 is 3.05. The fourth-order valence-corrected chi connectivity index (χ4v) is 2.67. The van der Waals surface area contributed by atoms with E-state index in [1.807, 2.05) is 0 Å². The molecular formula is C7H5BrClFO2S. The van der Waals surface area contributed by atoms with Gasteiger partial charge in [0, 0.05) is 16.0 Å². The number of benzene rings is 1. The van der Waals surface area contributed by atoms with Gasteiger partial charge in [0.05, 0.1) is 4.90 Å². The topological polar surface area (TPSA) is 34.1 Å². The average molecular weight is 288 g/mol. The molecule has 0 saturated carbocycles. The van der Waals surface area contributed by atoms with Crippen LogP contribution in [-0.4, -0.2) is 8.42 Å². The summed E-state index contributed by atoms with van der Waals surface area (Å²) in [5.74, 6) is -0.487. The third-order valence-corrected chi connectivity index (χ3v) is 3.46. The van der Waals surface area contributed by atoms with Crippen LogP contribution in [0.5, 0.6) is 0 Å². The van der Waals surface area contributed by atoms with Crippen LogP contribution < -0.4 is 0 Å². The van der Waals surface area contributed by atoms with E-state index in [4.69, 9.17) is 10.7 Å². The van der Waals surface area contributed by atoms with Crippen molar-refractivity contribution < 1.29 is 12.8 Å². The van der Waals surface area contributed by atoms with Gasteiger partial charge >= 0.3 is 0 Å². The Hall–Kier alpha value is -0.130. The van der Waals surface area contributed by atoms with Gasteiger partial charge in [0.1, 0.15) is 5.82 Å². The van der Waals surface area contributed by atoms with Crippen LogP contribution >= 0.6 is 26.6 Å². The van der Waals surface area contributed by atoms with Gasteiger partial charge in [-0.25, -0.2) is 12.8 Å². The largest absolute Gasteiger partial charge is 0.261 e. The molecule has 2 nitrogen and oxygen atoms in total. The normalized spacial score (nSPS) is 11.6. The van der Waals surface area contributed by atoms with Gasteiger partial charge in [0.25, 0.3) is 9.05 Å². The second-order valence-corrected chi connectivity index (χ2v) is 5.42. The van der Waals surface area contributed by atoms with Crippen LogP contribution in [0.1, 0.15) is 5.56 Å². The van der Waals surface area contributed by atoms with Crippen molar-refractivity contribution in [3.05, 3.63) is 29.6 Å². The van der Waals surface area contributed by atoms with Crippen LogP contribution in [0.2, 0.25) is 0 Å². The molecule has 13 heavy (non-hydrogen) atoms. The van der Waals surface area contributed by atoms with Crippen molar-refractivity contribution in [2.24, 2.45) is 0 Å². The molecule has 0 heterocycles. The molecule has 0 saturated heterocycles. The van der Waals surface area contributed by atoms with Gasteiger partial charge in [-0.1, -0.05) is 15.9 Å². The Morgan fingerprint density at radius 3 is 2.54 bits per heavy atom. The fraction of sp³-hybridized carbons (Fsp3) is 0.143. The third-order valence-electron chi connectivity index (χ3n) is 1.43. The van der Waals surface area contributed by atoms with Crippen molar-refractivity contribution in [2.75, 3.05) is 0 Å². The number of hydrogen-bond acceptors (Lipinski definition) is 2. The van der Waals surface area contributed by atoms with Gasteiger partial charge in [0.15, 0.2) is 0 Å². The summed E-state index contributed by atoms with van der Waals surface area (Å²) < 4.78 is 34.6. The standard InChI is InChI=1S/C7H5BrClFO2S/c8-4-5-3-6(10)1-2-7(5)13(9,11)12/h1-3H,4H2. The predicted molar refractivity (Wildman–Crippen MR) is 52.1 cm³/mol. The molecule has 0 radical (unpaired) electrons. The number of hydrogen-bond donors (Lipinski definition) is 0. The SMILES string of the molecule is O=S(=O)(Cl)c1ccc(F)cc1CBr. The molecule has 0 atom stereocenters. The lowest BCUT2D eigenvalue weighted by Crippen LogP contribution is -1.96. The van der Waals surface area contributed by atoms with E-state index in [9.17, 15) is 12.8 Å². The van der Waals surface area contributed by atoms with Crippen LogP contribution in [0.15, 0.2) is 23.1 Å². The van der Waals surface area contributed by atoms with E-state index < -0.39 is 14.9 Å². The average Bonchev–Trinajstić information content (AvgIpc) is 2.01. The Kier molecular flexibility index (Phi) is 3.32. The van der Waals surface area contributed by atoms with Gasteiger partial charge in [-0.3, -0.25) is 0 Å². The molecular weight excluding hydrogens is 282 g/mol. The minimum atomic E-state index is -3.79. The molecule has 0 aliphatic heterocycles. The van der Waals surface area contributed by atoms with E-state index in [1.165, 1.54) is 0 Å². The maximum absolute atomic E-state index is 12.7. The van der Waals surface area contributed by atoms with Crippen LogP contribution in [0.25, 0.3) is 0 Å². The van der Waals surface area contributed by atoms with Crippen LogP contribution in [0.3, 0.4) is 0 Å². The van der Waals surface area contributed by atoms with Gasteiger partial charge in [-0.05, 0) is 23.8 Å². The van der Waals surface area contributed by atoms with E-state index in [-0.39, 0.29) is 10.2 Å². The minimum absolute atomic E-state index is 0.0626. The zero-order valence-corrected chi connectivity index (χ0v) is 9.46. The van der Waals surface area contributed by atoms with Crippen LogP contribution in [-0.2, 0) is 14.4 Å². The number of alkyl halides is 1. The first kappa shape index (κ1) is 10.9. The molecule has 0 aliphatic rings. The van der Waals surface area contributed by atoms with E-state index in [1.54, 1.807) is 0 Å². The highest BCUT2D eigenvalue weighted by Gasteiger charge is 2.15. The lowest BCUT2D eigenvalue weighted by atomic mass is 10.2.